The number of hydrogen-bond donors (Lipinski definition) is 2. The van der Waals surface area contributed by atoms with Gasteiger partial charge in [-0.05, 0) is 50.2 Å². The molecule has 1 aliphatic heterocycles. The van der Waals surface area contributed by atoms with Crippen LogP contribution in [-0.2, 0) is 11.3 Å². The Bertz CT molecular complexity index is 1120. The highest BCUT2D eigenvalue weighted by Gasteiger charge is 2.30. The number of nitrogens with zero attached hydrogens (tertiary/aromatic N) is 7. The van der Waals surface area contributed by atoms with Crippen molar-refractivity contribution in [2.45, 2.75) is 65.0 Å². The summed E-state index contributed by atoms with van der Waals surface area (Å²) in [6, 6.07) is 2.29. The molecule has 5 rings (SSSR count). The smallest absolute Gasteiger partial charge is 0.234 e. The molecule has 1 saturated carbocycles. The van der Waals surface area contributed by atoms with Gasteiger partial charge < -0.3 is 15.5 Å². The Morgan fingerprint density at radius 1 is 1.09 bits per heavy atom. The van der Waals surface area contributed by atoms with Gasteiger partial charge in [-0.15, -0.1) is 10.2 Å². The van der Waals surface area contributed by atoms with Crippen molar-refractivity contribution in [3.63, 3.8) is 0 Å². The van der Waals surface area contributed by atoms with Gasteiger partial charge in [0.2, 0.25) is 22.1 Å². The number of anilines is 2. The Morgan fingerprint density at radius 2 is 1.83 bits per heavy atom. The molecule has 3 aromatic heterocycles. The van der Waals surface area contributed by atoms with Crippen LogP contribution in [0, 0.1) is 18.8 Å². The topological polar surface area (TPSA) is 114 Å². The average molecular weight is 496 g/mol. The summed E-state index contributed by atoms with van der Waals surface area (Å²) in [5.74, 6) is 1.47. The molecule has 3 aromatic rings. The van der Waals surface area contributed by atoms with Crippen LogP contribution in [-0.4, -0.2) is 55.0 Å². The number of rotatable bonds is 7. The lowest BCUT2D eigenvalue weighted by molar-refractivity contribution is -0.126. The number of amides is 1. The third kappa shape index (κ3) is 5.61. The lowest BCUT2D eigenvalue weighted by Crippen LogP contribution is -2.46. The van der Waals surface area contributed by atoms with Gasteiger partial charge in [-0.25, -0.2) is 14.6 Å². The molecule has 11 heteroatoms. The van der Waals surface area contributed by atoms with Gasteiger partial charge in [0.15, 0.2) is 0 Å². The van der Waals surface area contributed by atoms with E-state index in [1.54, 1.807) is 23.3 Å². The lowest BCUT2D eigenvalue weighted by atomic mass is 9.85. The number of carbonyl (C=O) groups excluding carboxylic acids is 1. The van der Waals surface area contributed by atoms with Gasteiger partial charge in [0.25, 0.3) is 0 Å². The summed E-state index contributed by atoms with van der Waals surface area (Å²) in [7, 11) is 0. The van der Waals surface area contributed by atoms with E-state index in [2.05, 4.69) is 47.7 Å². The van der Waals surface area contributed by atoms with Crippen LogP contribution >= 0.6 is 11.3 Å². The highest BCUT2D eigenvalue weighted by Crippen LogP contribution is 2.29. The molecule has 0 spiro atoms. The normalized spacial score (nSPS) is 21.1. The quantitative estimate of drug-likeness (QED) is 0.513. The molecule has 1 aliphatic carbocycles. The van der Waals surface area contributed by atoms with Crippen molar-refractivity contribution in [3.8, 4) is 5.13 Å². The van der Waals surface area contributed by atoms with Crippen molar-refractivity contribution in [1.29, 1.82) is 0 Å². The summed E-state index contributed by atoms with van der Waals surface area (Å²) in [4.78, 5) is 23.7. The second kappa shape index (κ2) is 10.7. The van der Waals surface area contributed by atoms with Crippen molar-refractivity contribution >= 4 is 28.3 Å². The molecule has 186 valence electrons. The van der Waals surface area contributed by atoms with Crippen LogP contribution in [0.15, 0.2) is 24.7 Å². The average Bonchev–Trinajstić information content (AvgIpc) is 3.55. The summed E-state index contributed by atoms with van der Waals surface area (Å²) in [6.07, 6.45) is 11.9. The molecule has 35 heavy (non-hydrogen) atoms. The first-order chi connectivity index (χ1) is 17.1. The highest BCUT2D eigenvalue weighted by molar-refractivity contribution is 7.17. The maximum absolute atomic E-state index is 12.9. The molecular weight excluding hydrogens is 462 g/mol. The number of aryl methyl sites for hydroxylation is 1. The Balaban J connectivity index is 1.15. The fourth-order valence-corrected chi connectivity index (χ4v) is 5.77. The molecule has 10 nitrogen and oxygen atoms in total. The number of hydrogen-bond acceptors (Lipinski definition) is 9. The minimum Gasteiger partial charge on any atom is -0.353 e. The Morgan fingerprint density at radius 3 is 2.60 bits per heavy atom. The molecule has 0 bridgehead atoms. The number of nitrogens with one attached hydrogen (secondary N) is 2. The molecule has 2 atom stereocenters. The van der Waals surface area contributed by atoms with E-state index < -0.39 is 0 Å². The van der Waals surface area contributed by atoms with E-state index in [9.17, 15) is 4.79 Å². The van der Waals surface area contributed by atoms with E-state index in [1.807, 2.05) is 13.0 Å². The molecule has 2 aliphatic rings. The minimum absolute atomic E-state index is 0.0838. The number of aromatic nitrogens is 6. The Kier molecular flexibility index (Phi) is 7.21. The SMILES string of the molecule is Cc1cnc(NCc2ccnn2-c2nnc(N3CCC(C(=O)NC4CCCCC4C)CC3)s2)nc1. The summed E-state index contributed by atoms with van der Waals surface area (Å²) < 4.78 is 1.80. The molecule has 0 radical (unpaired) electrons. The van der Waals surface area contributed by atoms with Crippen molar-refractivity contribution in [2.24, 2.45) is 11.8 Å². The molecule has 4 heterocycles. The van der Waals surface area contributed by atoms with E-state index in [0.29, 0.717) is 24.5 Å². The predicted octanol–water partition coefficient (Wildman–Crippen LogP) is 3.35. The summed E-state index contributed by atoms with van der Waals surface area (Å²) in [6.45, 7) is 6.37. The van der Waals surface area contributed by atoms with E-state index in [1.165, 1.54) is 30.6 Å². The Hall–Kier alpha value is -3.08. The maximum Gasteiger partial charge on any atom is 0.234 e. The lowest BCUT2D eigenvalue weighted by Gasteiger charge is -2.34. The van der Waals surface area contributed by atoms with Crippen molar-refractivity contribution in [1.82, 2.24) is 35.3 Å². The first-order valence-electron chi connectivity index (χ1n) is 12.5. The molecule has 0 aromatic carbocycles. The summed E-state index contributed by atoms with van der Waals surface area (Å²) >= 11 is 1.52. The van der Waals surface area contributed by atoms with E-state index in [0.717, 1.165) is 53.9 Å². The standard InChI is InChI=1S/C24H33N9OS/c1-16-13-25-22(26-14-16)27-15-19-7-10-28-33(19)24-31-30-23(35-24)32-11-8-18(9-12-32)21(34)29-20-6-4-3-5-17(20)2/h7,10,13-14,17-18,20H,3-6,8-9,11-12,15H2,1-2H3,(H,29,34)(H,25,26,27). The molecule has 2 N–H and O–H groups in total. The largest absolute Gasteiger partial charge is 0.353 e. The van der Waals surface area contributed by atoms with Gasteiger partial charge in [0.05, 0.1) is 12.2 Å². The van der Waals surface area contributed by atoms with Gasteiger partial charge in [-0.1, -0.05) is 31.1 Å². The molecular formula is C24H33N9OS. The summed E-state index contributed by atoms with van der Waals surface area (Å²) in [5, 5.41) is 21.4. The Labute approximate surface area is 209 Å². The van der Waals surface area contributed by atoms with Crippen LogP contribution in [0.2, 0.25) is 0 Å². The number of piperidine rings is 1. The zero-order valence-corrected chi connectivity index (χ0v) is 21.2. The molecule has 2 fully saturated rings. The van der Waals surface area contributed by atoms with E-state index in [4.69, 9.17) is 0 Å². The maximum atomic E-state index is 12.9. The van der Waals surface area contributed by atoms with Crippen LogP contribution in [0.5, 0.6) is 0 Å². The second-order valence-corrected chi connectivity index (χ2v) is 10.6. The minimum atomic E-state index is 0.0838. The van der Waals surface area contributed by atoms with Crippen molar-refractivity contribution in [2.75, 3.05) is 23.3 Å². The van der Waals surface area contributed by atoms with Gasteiger partial charge in [-0.2, -0.15) is 5.10 Å². The van der Waals surface area contributed by atoms with Gasteiger partial charge in [0.1, 0.15) is 0 Å². The van der Waals surface area contributed by atoms with Crippen LogP contribution in [0.25, 0.3) is 5.13 Å². The second-order valence-electron chi connectivity index (χ2n) is 9.68. The fraction of sp³-hybridized carbons (Fsp3) is 0.583. The third-order valence-corrected chi connectivity index (χ3v) is 8.05. The number of carbonyl (C=O) groups is 1. The summed E-state index contributed by atoms with van der Waals surface area (Å²) in [5.41, 5.74) is 1.97. The zero-order chi connectivity index (χ0) is 24.2. The van der Waals surface area contributed by atoms with Crippen LogP contribution in [0.1, 0.15) is 56.7 Å². The van der Waals surface area contributed by atoms with Crippen LogP contribution in [0.3, 0.4) is 0 Å². The molecule has 2 unspecified atom stereocenters. The van der Waals surface area contributed by atoms with Crippen molar-refractivity contribution in [3.05, 3.63) is 35.9 Å². The zero-order valence-electron chi connectivity index (χ0n) is 20.4. The van der Waals surface area contributed by atoms with Gasteiger partial charge in [0, 0.05) is 43.6 Å². The molecule has 1 amide bonds. The molecule has 1 saturated heterocycles. The first kappa shape index (κ1) is 23.7. The first-order valence-corrected chi connectivity index (χ1v) is 13.3. The fourth-order valence-electron chi connectivity index (χ4n) is 4.88. The van der Waals surface area contributed by atoms with Crippen LogP contribution in [0.4, 0.5) is 11.1 Å². The van der Waals surface area contributed by atoms with Crippen LogP contribution < -0.4 is 15.5 Å². The van der Waals surface area contributed by atoms with E-state index >= 15 is 0 Å². The third-order valence-electron chi connectivity index (χ3n) is 7.09. The van der Waals surface area contributed by atoms with Gasteiger partial charge in [-0.3, -0.25) is 4.79 Å². The van der Waals surface area contributed by atoms with Gasteiger partial charge >= 0.3 is 0 Å². The van der Waals surface area contributed by atoms with E-state index in [-0.39, 0.29) is 11.8 Å². The van der Waals surface area contributed by atoms with Crippen molar-refractivity contribution < 1.29 is 4.79 Å². The highest BCUT2D eigenvalue weighted by atomic mass is 32.1. The monoisotopic (exact) mass is 495 g/mol. The predicted molar refractivity (Wildman–Crippen MR) is 136 cm³/mol.